The molecule has 2 aromatic carbocycles. The van der Waals surface area contributed by atoms with Gasteiger partial charge in [0.05, 0.1) is 22.6 Å². The molecule has 0 saturated heterocycles. The Morgan fingerprint density at radius 1 is 1.00 bits per heavy atom. The van der Waals surface area contributed by atoms with Crippen molar-refractivity contribution in [3.63, 3.8) is 0 Å². The maximum Gasteiger partial charge on any atom is 0.416 e. The zero-order valence-electron chi connectivity index (χ0n) is 14.1. The van der Waals surface area contributed by atoms with Gasteiger partial charge in [-0.15, -0.1) is 0 Å². The monoisotopic (exact) mass is 406 g/mol. The van der Waals surface area contributed by atoms with Crippen LogP contribution in [0.4, 0.5) is 32.0 Å². The van der Waals surface area contributed by atoms with Crippen LogP contribution in [0.5, 0.6) is 0 Å². The lowest BCUT2D eigenvalue weighted by Crippen LogP contribution is -2.27. The summed E-state index contributed by atoms with van der Waals surface area (Å²) in [5.74, 6) is -1.14. The third-order valence-electron chi connectivity index (χ3n) is 3.78. The molecule has 0 heterocycles. The Kier molecular flexibility index (Phi) is 5.67. The molecule has 2 aromatic rings. The van der Waals surface area contributed by atoms with Crippen molar-refractivity contribution in [2.24, 2.45) is 0 Å². The molecule has 0 unspecified atom stereocenters. The first-order chi connectivity index (χ1) is 12.8. The van der Waals surface area contributed by atoms with Crippen LogP contribution in [0.2, 0.25) is 0 Å². The van der Waals surface area contributed by atoms with Gasteiger partial charge in [0, 0.05) is 24.2 Å². The second-order valence-electron chi connectivity index (χ2n) is 5.84. The zero-order valence-corrected chi connectivity index (χ0v) is 14.1. The average Bonchev–Trinajstić information content (AvgIpc) is 2.59. The van der Waals surface area contributed by atoms with Gasteiger partial charge < -0.3 is 4.90 Å². The molecule has 1 amide bonds. The number of carbonyl (C=O) groups is 1. The number of para-hydroxylation sites is 1. The van der Waals surface area contributed by atoms with Crippen molar-refractivity contribution >= 4 is 11.6 Å². The van der Waals surface area contributed by atoms with Crippen LogP contribution >= 0.6 is 0 Å². The van der Waals surface area contributed by atoms with Crippen LogP contribution in [0, 0.1) is 10.1 Å². The largest absolute Gasteiger partial charge is 0.416 e. The maximum absolute atomic E-state index is 12.9. The summed E-state index contributed by atoms with van der Waals surface area (Å²) in [6.45, 7) is -0.381. The summed E-state index contributed by atoms with van der Waals surface area (Å²) < 4.78 is 77.5. The molecule has 5 nitrogen and oxygen atoms in total. The van der Waals surface area contributed by atoms with Crippen LogP contribution in [0.1, 0.15) is 27.0 Å². The van der Waals surface area contributed by atoms with E-state index in [0.717, 1.165) is 11.9 Å². The Morgan fingerprint density at radius 2 is 1.50 bits per heavy atom. The highest BCUT2D eigenvalue weighted by Gasteiger charge is 2.37. The molecule has 11 heteroatoms. The molecule has 0 aromatic heterocycles. The van der Waals surface area contributed by atoms with Crippen LogP contribution in [-0.2, 0) is 18.9 Å². The quantitative estimate of drug-likeness (QED) is 0.412. The Morgan fingerprint density at radius 3 is 1.96 bits per heavy atom. The summed E-state index contributed by atoms with van der Waals surface area (Å²) in [6, 6.07) is 5.87. The van der Waals surface area contributed by atoms with Gasteiger partial charge >= 0.3 is 12.4 Å². The molecule has 0 aliphatic rings. The summed E-state index contributed by atoms with van der Waals surface area (Å²) in [5, 5.41) is 11.0. The zero-order chi connectivity index (χ0) is 21.3. The van der Waals surface area contributed by atoms with Crippen molar-refractivity contribution in [2.75, 3.05) is 7.05 Å². The van der Waals surface area contributed by atoms with E-state index in [1.54, 1.807) is 0 Å². The van der Waals surface area contributed by atoms with E-state index in [1.165, 1.54) is 24.3 Å². The number of hydrogen-bond donors (Lipinski definition) is 0. The van der Waals surface area contributed by atoms with Crippen molar-refractivity contribution in [1.29, 1.82) is 0 Å². The molecule has 150 valence electrons. The fourth-order valence-electron chi connectivity index (χ4n) is 2.45. The molecule has 0 aliphatic carbocycles. The summed E-state index contributed by atoms with van der Waals surface area (Å²) in [5.41, 5.74) is -4.33. The number of hydrogen-bond acceptors (Lipinski definition) is 3. The number of alkyl halides is 6. The molecule has 28 heavy (non-hydrogen) atoms. The smallest absolute Gasteiger partial charge is 0.337 e. The Bertz CT molecular complexity index is 876. The number of nitro groups is 1. The van der Waals surface area contributed by atoms with Crippen LogP contribution in [0.25, 0.3) is 0 Å². The van der Waals surface area contributed by atoms with Crippen molar-refractivity contribution in [1.82, 2.24) is 4.90 Å². The second-order valence-corrected chi connectivity index (χ2v) is 5.84. The predicted octanol–water partition coefficient (Wildman–Crippen LogP) is 4.90. The minimum absolute atomic E-state index is 0.0753. The van der Waals surface area contributed by atoms with Crippen molar-refractivity contribution in [3.05, 3.63) is 74.8 Å². The molecule has 0 radical (unpaired) electrons. The number of halogens is 6. The van der Waals surface area contributed by atoms with Gasteiger partial charge in [0.25, 0.3) is 11.6 Å². The number of nitro benzene ring substituents is 1. The fourth-order valence-corrected chi connectivity index (χ4v) is 2.45. The first kappa shape index (κ1) is 21.2. The second kappa shape index (κ2) is 7.49. The van der Waals surface area contributed by atoms with E-state index in [0.29, 0.717) is 12.1 Å². The van der Waals surface area contributed by atoms with E-state index in [2.05, 4.69) is 0 Å². The molecule has 0 aliphatic heterocycles. The van der Waals surface area contributed by atoms with Gasteiger partial charge in [-0.05, 0) is 18.2 Å². The van der Waals surface area contributed by atoms with Crippen LogP contribution in [0.3, 0.4) is 0 Å². The van der Waals surface area contributed by atoms with E-state index < -0.39 is 39.9 Å². The SMILES string of the molecule is CN(Cc1ccccc1[N+](=O)[O-])C(=O)c1cc(C(F)(F)F)cc(C(F)(F)F)c1. The number of nitrogens with zero attached hydrogens (tertiary/aromatic N) is 2. The third-order valence-corrected chi connectivity index (χ3v) is 3.78. The average molecular weight is 406 g/mol. The van der Waals surface area contributed by atoms with Gasteiger partial charge in [0.1, 0.15) is 0 Å². The molecule has 0 fully saturated rings. The maximum atomic E-state index is 12.9. The van der Waals surface area contributed by atoms with Gasteiger partial charge in [-0.2, -0.15) is 26.3 Å². The number of amides is 1. The van der Waals surface area contributed by atoms with Crippen molar-refractivity contribution in [2.45, 2.75) is 18.9 Å². The highest BCUT2D eigenvalue weighted by Crippen LogP contribution is 2.36. The highest BCUT2D eigenvalue weighted by molar-refractivity contribution is 5.94. The molecule has 0 spiro atoms. The topological polar surface area (TPSA) is 63.4 Å². The van der Waals surface area contributed by atoms with Crippen LogP contribution in [0.15, 0.2) is 42.5 Å². The first-order valence-electron chi connectivity index (χ1n) is 7.58. The van der Waals surface area contributed by atoms with Crippen molar-refractivity contribution < 1.29 is 36.1 Å². The summed E-state index contributed by atoms with van der Waals surface area (Å²) in [4.78, 5) is 23.5. The van der Waals surface area contributed by atoms with Gasteiger partial charge in [-0.1, -0.05) is 18.2 Å². The lowest BCUT2D eigenvalue weighted by Gasteiger charge is -2.19. The number of carbonyl (C=O) groups excluding carboxylic acids is 1. The molecule has 0 bridgehead atoms. The highest BCUT2D eigenvalue weighted by atomic mass is 19.4. The molecule has 2 rings (SSSR count). The number of rotatable bonds is 4. The minimum Gasteiger partial charge on any atom is -0.337 e. The summed E-state index contributed by atoms with van der Waals surface area (Å²) >= 11 is 0. The van der Waals surface area contributed by atoms with Gasteiger partial charge in [0.15, 0.2) is 0 Å². The molecule has 0 saturated carbocycles. The molecule has 0 atom stereocenters. The number of benzene rings is 2. The van der Waals surface area contributed by atoms with E-state index in [-0.39, 0.29) is 23.9 Å². The van der Waals surface area contributed by atoms with Crippen LogP contribution < -0.4 is 0 Å². The van der Waals surface area contributed by atoms with Gasteiger partial charge in [-0.3, -0.25) is 14.9 Å². The molecular formula is C17H12F6N2O3. The molecule has 0 N–H and O–H groups in total. The standard InChI is InChI=1S/C17H12F6N2O3/c1-24(9-10-4-2-3-5-14(10)25(27)28)15(26)11-6-12(16(18,19)20)8-13(7-11)17(21,22)23/h2-8H,9H2,1H3. The molecular weight excluding hydrogens is 394 g/mol. The minimum atomic E-state index is -5.09. The normalized spacial score (nSPS) is 12.0. The van der Waals surface area contributed by atoms with Gasteiger partial charge in [0.2, 0.25) is 0 Å². The van der Waals surface area contributed by atoms with Crippen molar-refractivity contribution in [3.8, 4) is 0 Å². The fraction of sp³-hybridized carbons (Fsp3) is 0.235. The van der Waals surface area contributed by atoms with E-state index in [1.807, 2.05) is 0 Å². The Hall–Kier alpha value is -3.11. The predicted molar refractivity (Wildman–Crippen MR) is 85.3 cm³/mol. The lowest BCUT2D eigenvalue weighted by atomic mass is 10.0. The van der Waals surface area contributed by atoms with Gasteiger partial charge in [-0.25, -0.2) is 0 Å². The summed E-state index contributed by atoms with van der Waals surface area (Å²) in [7, 11) is 1.12. The third kappa shape index (κ3) is 4.78. The summed E-state index contributed by atoms with van der Waals surface area (Å²) in [6.07, 6.45) is -10.2. The van der Waals surface area contributed by atoms with Crippen LogP contribution in [-0.4, -0.2) is 22.8 Å². The van der Waals surface area contributed by atoms with E-state index in [4.69, 9.17) is 0 Å². The van der Waals surface area contributed by atoms with E-state index >= 15 is 0 Å². The first-order valence-corrected chi connectivity index (χ1v) is 7.58. The Labute approximate surface area is 154 Å². The van der Waals surface area contributed by atoms with E-state index in [9.17, 15) is 41.3 Å². The lowest BCUT2D eigenvalue weighted by molar-refractivity contribution is -0.385. The Balaban J connectivity index is 2.41.